The van der Waals surface area contributed by atoms with Gasteiger partial charge in [0.25, 0.3) is 0 Å². The Morgan fingerprint density at radius 3 is 2.76 bits per heavy atom. The maximum absolute atomic E-state index is 5.57. The summed E-state index contributed by atoms with van der Waals surface area (Å²) in [5, 5.41) is 8.00. The highest BCUT2D eigenvalue weighted by Gasteiger charge is 2.16. The zero-order chi connectivity index (χ0) is 12.5. The summed E-state index contributed by atoms with van der Waals surface area (Å²) in [6.07, 6.45) is 4.11. The minimum Gasteiger partial charge on any atom is -0.396 e. The predicted molar refractivity (Wildman–Crippen MR) is 63.2 cm³/mol. The minimum atomic E-state index is 0.150. The van der Waals surface area contributed by atoms with Crippen LogP contribution in [0.2, 0.25) is 0 Å². The maximum atomic E-state index is 5.57. The van der Waals surface area contributed by atoms with E-state index in [1.807, 2.05) is 0 Å². The summed E-state index contributed by atoms with van der Waals surface area (Å²) in [6.45, 7) is 6.86. The van der Waals surface area contributed by atoms with Crippen molar-refractivity contribution in [3.8, 4) is 0 Å². The Morgan fingerprint density at radius 1 is 1.41 bits per heavy atom. The molecule has 2 rings (SSSR count). The molecule has 0 aromatic carbocycles. The molecule has 2 aromatic heterocycles. The lowest BCUT2D eigenvalue weighted by Crippen LogP contribution is -2.10. The van der Waals surface area contributed by atoms with E-state index in [9.17, 15) is 0 Å². The van der Waals surface area contributed by atoms with Crippen LogP contribution in [0.25, 0.3) is 0 Å². The quantitative estimate of drug-likeness (QED) is 0.871. The highest BCUT2D eigenvalue weighted by molar-refractivity contribution is 5.30. The number of hydrogen-bond acceptors (Lipinski definition) is 5. The second kappa shape index (κ2) is 4.20. The molecule has 0 saturated heterocycles. The Bertz CT molecular complexity index is 494. The van der Waals surface area contributed by atoms with Crippen LogP contribution in [-0.2, 0) is 13.0 Å². The van der Waals surface area contributed by atoms with Gasteiger partial charge in [-0.3, -0.25) is 4.68 Å². The van der Waals surface area contributed by atoms with Gasteiger partial charge in [-0.05, 0) is 5.41 Å². The lowest BCUT2D eigenvalue weighted by Gasteiger charge is -2.14. The van der Waals surface area contributed by atoms with Gasteiger partial charge >= 0.3 is 0 Å². The van der Waals surface area contributed by atoms with Crippen LogP contribution >= 0.6 is 0 Å². The van der Waals surface area contributed by atoms with E-state index in [0.717, 1.165) is 12.2 Å². The van der Waals surface area contributed by atoms with Crippen molar-refractivity contribution in [3.05, 3.63) is 24.1 Å². The second-order valence-electron chi connectivity index (χ2n) is 5.31. The first-order valence-electron chi connectivity index (χ1n) is 5.52. The highest BCUT2D eigenvalue weighted by Crippen LogP contribution is 2.18. The summed E-state index contributed by atoms with van der Waals surface area (Å²) < 4.78 is 6.83. The molecule has 0 atom stereocenters. The molecule has 0 unspecified atom stereocenters. The Balaban J connectivity index is 2.03. The largest absolute Gasteiger partial charge is 0.396 e. The number of anilines is 1. The minimum absolute atomic E-state index is 0.150. The molecular formula is C11H17N5O. The zero-order valence-corrected chi connectivity index (χ0v) is 10.3. The van der Waals surface area contributed by atoms with Crippen molar-refractivity contribution in [2.45, 2.75) is 33.7 Å². The molecule has 0 bridgehead atoms. The van der Waals surface area contributed by atoms with Crippen molar-refractivity contribution in [2.75, 3.05) is 5.73 Å². The van der Waals surface area contributed by atoms with Gasteiger partial charge in [-0.1, -0.05) is 25.9 Å². The van der Waals surface area contributed by atoms with Gasteiger partial charge in [0.05, 0.1) is 11.9 Å². The molecule has 2 N–H and O–H groups in total. The lowest BCUT2D eigenvalue weighted by molar-refractivity contribution is 0.347. The van der Waals surface area contributed by atoms with Gasteiger partial charge in [0.2, 0.25) is 5.89 Å². The average Bonchev–Trinajstić information content (AvgIpc) is 2.74. The van der Waals surface area contributed by atoms with E-state index in [1.165, 1.54) is 0 Å². The maximum Gasteiger partial charge on any atom is 0.248 e. The fraction of sp³-hybridized carbons (Fsp3) is 0.545. The molecule has 2 aromatic rings. The van der Waals surface area contributed by atoms with E-state index >= 15 is 0 Å². The molecule has 6 nitrogen and oxygen atoms in total. The molecule has 0 aliphatic heterocycles. The molecule has 0 saturated carbocycles. The monoisotopic (exact) mass is 235 g/mol. The summed E-state index contributed by atoms with van der Waals surface area (Å²) in [5.41, 5.74) is 6.35. The number of nitrogen functional groups attached to an aromatic ring is 1. The van der Waals surface area contributed by atoms with E-state index < -0.39 is 0 Å². The Labute approximate surface area is 99.8 Å². The van der Waals surface area contributed by atoms with Crippen LogP contribution in [0, 0.1) is 5.41 Å². The van der Waals surface area contributed by atoms with Crippen molar-refractivity contribution in [1.82, 2.24) is 19.9 Å². The normalized spacial score (nSPS) is 11.9. The fourth-order valence-corrected chi connectivity index (χ4v) is 1.51. The van der Waals surface area contributed by atoms with E-state index in [-0.39, 0.29) is 5.41 Å². The number of hydrogen-bond donors (Lipinski definition) is 1. The van der Waals surface area contributed by atoms with E-state index in [1.54, 1.807) is 17.1 Å². The first-order valence-corrected chi connectivity index (χ1v) is 5.52. The highest BCUT2D eigenvalue weighted by atomic mass is 16.5. The molecule has 0 spiro atoms. The van der Waals surface area contributed by atoms with Crippen LogP contribution in [0.3, 0.4) is 0 Å². The second-order valence-corrected chi connectivity index (χ2v) is 5.31. The first-order chi connectivity index (χ1) is 7.92. The molecule has 92 valence electrons. The van der Waals surface area contributed by atoms with Gasteiger partial charge in [-0.25, -0.2) is 0 Å². The van der Waals surface area contributed by atoms with Gasteiger partial charge in [0.15, 0.2) is 5.82 Å². The van der Waals surface area contributed by atoms with Crippen LogP contribution in [0.5, 0.6) is 0 Å². The van der Waals surface area contributed by atoms with Gasteiger partial charge in [-0.15, -0.1) is 0 Å². The third kappa shape index (κ3) is 3.30. The van der Waals surface area contributed by atoms with Crippen LogP contribution in [0.15, 0.2) is 16.9 Å². The SMILES string of the molecule is CC(C)(C)Cc1noc(Cn2cc(N)cn2)n1. The summed E-state index contributed by atoms with van der Waals surface area (Å²) >= 11 is 0. The topological polar surface area (TPSA) is 82.8 Å². The Hall–Kier alpha value is -1.85. The first kappa shape index (κ1) is 11.6. The van der Waals surface area contributed by atoms with Crippen LogP contribution in [0.1, 0.15) is 32.5 Å². The molecule has 0 aliphatic carbocycles. The van der Waals surface area contributed by atoms with E-state index in [2.05, 4.69) is 36.0 Å². The van der Waals surface area contributed by atoms with Crippen molar-refractivity contribution in [1.29, 1.82) is 0 Å². The van der Waals surface area contributed by atoms with Gasteiger partial charge in [0, 0.05) is 12.6 Å². The Morgan fingerprint density at radius 2 is 2.18 bits per heavy atom. The van der Waals surface area contributed by atoms with Crippen LogP contribution < -0.4 is 5.73 Å². The summed E-state index contributed by atoms with van der Waals surface area (Å²) in [6, 6.07) is 0. The van der Waals surface area contributed by atoms with Crippen molar-refractivity contribution >= 4 is 5.69 Å². The zero-order valence-electron chi connectivity index (χ0n) is 10.3. The van der Waals surface area contributed by atoms with Gasteiger partial charge in [-0.2, -0.15) is 10.1 Å². The average molecular weight is 235 g/mol. The Kier molecular flexibility index (Phi) is 2.87. The molecule has 0 radical (unpaired) electrons. The van der Waals surface area contributed by atoms with Crippen LogP contribution in [-0.4, -0.2) is 19.9 Å². The van der Waals surface area contributed by atoms with Gasteiger partial charge < -0.3 is 10.3 Å². The van der Waals surface area contributed by atoms with Crippen molar-refractivity contribution in [2.24, 2.45) is 5.41 Å². The molecule has 2 heterocycles. The predicted octanol–water partition coefficient (Wildman–Crippen LogP) is 1.49. The number of aromatic nitrogens is 4. The summed E-state index contributed by atoms with van der Waals surface area (Å²) in [7, 11) is 0. The fourth-order valence-electron chi connectivity index (χ4n) is 1.51. The number of rotatable bonds is 3. The molecule has 0 fully saturated rings. The molecule has 0 amide bonds. The summed E-state index contributed by atoms with van der Waals surface area (Å²) in [4.78, 5) is 4.32. The smallest absolute Gasteiger partial charge is 0.248 e. The molecule has 0 aliphatic rings. The molecular weight excluding hydrogens is 218 g/mol. The van der Waals surface area contributed by atoms with Crippen molar-refractivity contribution < 1.29 is 4.52 Å². The third-order valence-corrected chi connectivity index (χ3v) is 2.15. The number of nitrogens with two attached hydrogens (primary N) is 1. The summed E-state index contributed by atoms with van der Waals surface area (Å²) in [5.74, 6) is 1.28. The lowest BCUT2D eigenvalue weighted by atomic mass is 9.92. The van der Waals surface area contributed by atoms with Crippen LogP contribution in [0.4, 0.5) is 5.69 Å². The van der Waals surface area contributed by atoms with Gasteiger partial charge in [0.1, 0.15) is 6.54 Å². The van der Waals surface area contributed by atoms with Crippen molar-refractivity contribution in [3.63, 3.8) is 0 Å². The van der Waals surface area contributed by atoms with E-state index in [0.29, 0.717) is 18.1 Å². The number of nitrogens with zero attached hydrogens (tertiary/aromatic N) is 4. The third-order valence-electron chi connectivity index (χ3n) is 2.15. The van der Waals surface area contributed by atoms with E-state index in [4.69, 9.17) is 10.3 Å². The molecule has 17 heavy (non-hydrogen) atoms. The standard InChI is InChI=1S/C11H17N5O/c1-11(2,3)4-9-14-10(17-15-9)7-16-6-8(12)5-13-16/h5-6H,4,7,12H2,1-3H3. The molecule has 6 heteroatoms.